The molecule has 2 unspecified atom stereocenters. The molecule has 0 aliphatic rings. The summed E-state index contributed by atoms with van der Waals surface area (Å²) in [6, 6.07) is 10.8. The summed E-state index contributed by atoms with van der Waals surface area (Å²) in [6.45, 7) is 0. The molecule has 1 N–H and O–H groups in total. The fourth-order valence-electron chi connectivity index (χ4n) is 2.14. The minimum atomic E-state index is -2.77. The lowest BCUT2D eigenvalue weighted by Gasteiger charge is -2.31. The monoisotopic (exact) mass is 306 g/mol. The second-order valence-electron chi connectivity index (χ2n) is 4.34. The first-order chi connectivity index (χ1) is 10.0. The van der Waals surface area contributed by atoms with E-state index in [0.717, 1.165) is 9.69 Å². The van der Waals surface area contributed by atoms with Crippen molar-refractivity contribution < 1.29 is 23.5 Å². The fourth-order valence-corrected chi connectivity index (χ4v) is 2.80. The molecule has 0 fully saturated rings. The number of hydrogen-bond acceptors (Lipinski definition) is 4. The van der Waals surface area contributed by atoms with Gasteiger partial charge in [-0.2, -0.15) is 0 Å². The highest BCUT2D eigenvalue weighted by Crippen LogP contribution is 2.29. The largest absolute Gasteiger partial charge is 0.755 e. The molecule has 0 aromatic heterocycles. The van der Waals surface area contributed by atoms with E-state index in [1.54, 1.807) is 36.4 Å². The van der Waals surface area contributed by atoms with Crippen LogP contribution in [0.25, 0.3) is 10.8 Å². The van der Waals surface area contributed by atoms with Gasteiger partial charge in [-0.15, -0.1) is 0 Å². The highest BCUT2D eigenvalue weighted by Gasteiger charge is 2.23. The molecular formula is C14H12NO5S-. The van der Waals surface area contributed by atoms with Gasteiger partial charge in [-0.3, -0.25) is 13.3 Å². The molecular weight excluding hydrogens is 294 g/mol. The number of carbonyl (C=O) groups is 2. The van der Waals surface area contributed by atoms with Gasteiger partial charge in [0, 0.05) is 16.7 Å². The van der Waals surface area contributed by atoms with Gasteiger partial charge in [0.25, 0.3) is 0 Å². The molecule has 0 heterocycles. The fraction of sp³-hybridized carbons (Fsp3) is 0.143. The van der Waals surface area contributed by atoms with Crippen molar-refractivity contribution in [3.63, 3.8) is 0 Å². The van der Waals surface area contributed by atoms with Crippen LogP contribution in [0.3, 0.4) is 0 Å². The van der Waals surface area contributed by atoms with E-state index in [0.29, 0.717) is 11.7 Å². The minimum Gasteiger partial charge on any atom is -0.755 e. The summed E-state index contributed by atoms with van der Waals surface area (Å²) in [4.78, 5) is 21.9. The van der Waals surface area contributed by atoms with Crippen LogP contribution in [0.4, 0.5) is 5.69 Å². The zero-order valence-electron chi connectivity index (χ0n) is 10.8. The maximum atomic E-state index is 11.5. The summed E-state index contributed by atoms with van der Waals surface area (Å²) in [5.74, 6) is -1.25. The lowest BCUT2D eigenvalue weighted by molar-refractivity contribution is -0.138. The maximum Gasteiger partial charge on any atom is 0.305 e. The van der Waals surface area contributed by atoms with E-state index >= 15 is 0 Å². The lowest BCUT2D eigenvalue weighted by Crippen LogP contribution is -2.39. The standard InChI is InChI=1S/C14H13NO5S/c16-9-11(8-14(17)18)15(21(19)20)13-7-3-5-10-4-1-2-6-12(10)13/h1-7,9,11H,8H2,(H,17,18)(H,19,20)/p-1. The average molecular weight is 306 g/mol. The van der Waals surface area contributed by atoms with Crippen LogP contribution in [0.15, 0.2) is 42.5 Å². The third-order valence-electron chi connectivity index (χ3n) is 3.01. The van der Waals surface area contributed by atoms with Gasteiger partial charge < -0.3 is 14.5 Å². The maximum absolute atomic E-state index is 11.5. The third-order valence-corrected chi connectivity index (χ3v) is 3.80. The molecule has 21 heavy (non-hydrogen) atoms. The number of carboxylic acids is 1. The first-order valence-electron chi connectivity index (χ1n) is 6.08. The van der Waals surface area contributed by atoms with E-state index in [4.69, 9.17) is 5.11 Å². The Morgan fingerprint density at radius 1 is 1.29 bits per heavy atom. The number of hydrogen-bond donors (Lipinski definition) is 1. The van der Waals surface area contributed by atoms with Crippen molar-refractivity contribution in [2.75, 3.05) is 4.31 Å². The molecule has 6 nitrogen and oxygen atoms in total. The SMILES string of the molecule is O=CC(CC(=O)O)N(c1cccc2ccccc12)S(=O)[O-]. The molecule has 0 aliphatic heterocycles. The molecule has 2 aromatic carbocycles. The number of nitrogens with zero attached hydrogens (tertiary/aromatic N) is 1. The summed E-state index contributed by atoms with van der Waals surface area (Å²) in [5.41, 5.74) is 0.278. The predicted octanol–water partition coefficient (Wildman–Crippen LogP) is 1.48. The van der Waals surface area contributed by atoms with E-state index in [1.807, 2.05) is 0 Å². The first-order valence-corrected chi connectivity index (χ1v) is 7.11. The van der Waals surface area contributed by atoms with Crippen LogP contribution in [-0.2, 0) is 20.9 Å². The van der Waals surface area contributed by atoms with Gasteiger partial charge in [-0.1, -0.05) is 36.4 Å². The van der Waals surface area contributed by atoms with Crippen molar-refractivity contribution in [3.05, 3.63) is 42.5 Å². The topological polar surface area (TPSA) is 97.7 Å². The van der Waals surface area contributed by atoms with Crippen LogP contribution in [0.2, 0.25) is 0 Å². The molecule has 2 atom stereocenters. The number of rotatable bonds is 6. The Bertz CT molecular complexity index is 697. The molecule has 0 spiro atoms. The number of aldehydes is 1. The van der Waals surface area contributed by atoms with E-state index in [9.17, 15) is 18.4 Å². The lowest BCUT2D eigenvalue weighted by atomic mass is 10.1. The Kier molecular flexibility index (Phi) is 4.66. The van der Waals surface area contributed by atoms with Crippen molar-refractivity contribution in [1.82, 2.24) is 0 Å². The van der Waals surface area contributed by atoms with E-state index in [1.165, 1.54) is 6.07 Å². The summed E-state index contributed by atoms with van der Waals surface area (Å²) < 4.78 is 23.8. The summed E-state index contributed by atoms with van der Waals surface area (Å²) in [5, 5.41) is 10.2. The molecule has 0 aliphatic carbocycles. The first kappa shape index (κ1) is 15.1. The third kappa shape index (κ3) is 3.26. The molecule has 7 heteroatoms. The Labute approximate surface area is 123 Å². The van der Waals surface area contributed by atoms with Crippen LogP contribution in [-0.4, -0.2) is 32.2 Å². The van der Waals surface area contributed by atoms with Gasteiger partial charge in [-0.05, 0) is 11.5 Å². The molecule has 0 amide bonds. The summed E-state index contributed by atoms with van der Waals surface area (Å²) in [6.07, 6.45) is -0.271. The number of aliphatic carboxylic acids is 1. The van der Waals surface area contributed by atoms with E-state index in [2.05, 4.69) is 0 Å². The highest BCUT2D eigenvalue weighted by atomic mass is 32.2. The number of benzene rings is 2. The second kappa shape index (κ2) is 6.47. The van der Waals surface area contributed by atoms with Gasteiger partial charge >= 0.3 is 5.97 Å². The van der Waals surface area contributed by atoms with Gasteiger partial charge in [0.2, 0.25) is 0 Å². The van der Waals surface area contributed by atoms with Crippen molar-refractivity contribution in [3.8, 4) is 0 Å². The van der Waals surface area contributed by atoms with Crippen LogP contribution < -0.4 is 4.31 Å². The van der Waals surface area contributed by atoms with Crippen LogP contribution >= 0.6 is 0 Å². The van der Waals surface area contributed by atoms with Gasteiger partial charge in [-0.25, -0.2) is 0 Å². The highest BCUT2D eigenvalue weighted by molar-refractivity contribution is 7.80. The van der Waals surface area contributed by atoms with Crippen molar-refractivity contribution in [1.29, 1.82) is 0 Å². The van der Waals surface area contributed by atoms with E-state index in [-0.39, 0.29) is 5.69 Å². The molecule has 110 valence electrons. The van der Waals surface area contributed by atoms with Crippen LogP contribution in [0.1, 0.15) is 6.42 Å². The van der Waals surface area contributed by atoms with Crippen LogP contribution in [0.5, 0.6) is 0 Å². The molecule has 2 rings (SSSR count). The number of fused-ring (bicyclic) bond motifs is 1. The normalized spacial score (nSPS) is 13.6. The summed E-state index contributed by atoms with van der Waals surface area (Å²) >= 11 is -2.77. The molecule has 2 aromatic rings. The number of anilines is 1. The Morgan fingerprint density at radius 2 is 1.95 bits per heavy atom. The van der Waals surface area contributed by atoms with Gasteiger partial charge in [0.15, 0.2) is 0 Å². The quantitative estimate of drug-likeness (QED) is 0.644. The van der Waals surface area contributed by atoms with Crippen molar-refractivity contribution >= 4 is 40.0 Å². The van der Waals surface area contributed by atoms with Crippen molar-refractivity contribution in [2.24, 2.45) is 0 Å². The zero-order valence-corrected chi connectivity index (χ0v) is 11.7. The summed E-state index contributed by atoms with van der Waals surface area (Å²) in [7, 11) is 0. The smallest absolute Gasteiger partial charge is 0.305 e. The molecule has 0 saturated heterocycles. The van der Waals surface area contributed by atoms with Crippen LogP contribution in [0, 0.1) is 0 Å². The number of carbonyl (C=O) groups excluding carboxylic acids is 1. The van der Waals surface area contributed by atoms with E-state index < -0.39 is 29.7 Å². The van der Waals surface area contributed by atoms with Gasteiger partial charge in [0.1, 0.15) is 12.3 Å². The zero-order chi connectivity index (χ0) is 15.4. The second-order valence-corrected chi connectivity index (χ2v) is 5.17. The van der Waals surface area contributed by atoms with Crippen molar-refractivity contribution in [2.45, 2.75) is 12.5 Å². The predicted molar refractivity (Wildman–Crippen MR) is 77.5 cm³/mol. The molecule has 0 bridgehead atoms. The Hall–Kier alpha value is -2.25. The van der Waals surface area contributed by atoms with Gasteiger partial charge in [0.05, 0.1) is 12.1 Å². The average Bonchev–Trinajstić information content (AvgIpc) is 2.46. The Balaban J connectivity index is 2.57. The molecule has 0 radical (unpaired) electrons. The Morgan fingerprint density at radius 3 is 2.57 bits per heavy atom. The number of carboxylic acid groups (broad SMARTS) is 1. The molecule has 0 saturated carbocycles. The minimum absolute atomic E-state index is 0.278.